The van der Waals surface area contributed by atoms with Crippen molar-refractivity contribution in [3.8, 4) is 0 Å². The minimum absolute atomic E-state index is 0.0426. The summed E-state index contributed by atoms with van der Waals surface area (Å²) in [6.45, 7) is -1.43. The van der Waals surface area contributed by atoms with Crippen molar-refractivity contribution in [2.75, 3.05) is 0 Å². The summed E-state index contributed by atoms with van der Waals surface area (Å²) in [5, 5.41) is 11.9. The second-order valence-electron chi connectivity index (χ2n) is 9.75. The zero-order valence-electron chi connectivity index (χ0n) is 24.5. The Bertz CT molecular complexity index is 1760. The Balaban J connectivity index is 1.14. The average molecular weight is 640 g/mol. The molecule has 2 aromatic heterocycles. The zero-order valence-corrected chi connectivity index (χ0v) is 24.5. The molecule has 13 nitrogen and oxygen atoms in total. The Morgan fingerprint density at radius 3 is 1.32 bits per heavy atom. The van der Waals surface area contributed by atoms with Crippen LogP contribution in [0.25, 0.3) is 0 Å². The Morgan fingerprint density at radius 1 is 0.511 bits per heavy atom. The second-order valence-corrected chi connectivity index (χ2v) is 9.75. The highest BCUT2D eigenvalue weighted by molar-refractivity contribution is 5.90. The largest absolute Gasteiger partial charge is 0.455 e. The second kappa shape index (κ2) is 15.0. The van der Waals surface area contributed by atoms with Gasteiger partial charge in [0.05, 0.1) is 27.2 Å². The normalized spacial score (nSPS) is 10.6. The fraction of sp³-hybridized carbons (Fsp3) is 0.118. The van der Waals surface area contributed by atoms with Gasteiger partial charge >= 0.3 is 23.9 Å². The van der Waals surface area contributed by atoms with Gasteiger partial charge in [0.1, 0.15) is 37.9 Å². The smallest absolute Gasteiger partial charge is 0.374 e. The van der Waals surface area contributed by atoms with E-state index < -0.39 is 47.7 Å². The first-order chi connectivity index (χ1) is 22.8. The van der Waals surface area contributed by atoms with Crippen LogP contribution in [0.5, 0.6) is 0 Å². The summed E-state index contributed by atoms with van der Waals surface area (Å²) in [5.41, 5.74) is 0.383. The van der Waals surface area contributed by atoms with E-state index in [-0.39, 0.29) is 47.4 Å². The van der Waals surface area contributed by atoms with Crippen molar-refractivity contribution in [1.82, 2.24) is 0 Å². The summed E-state index contributed by atoms with van der Waals surface area (Å²) in [4.78, 5) is 60.7. The number of esters is 4. The number of nitrogens with zero attached hydrogens (tertiary/aromatic N) is 1. The molecule has 0 spiro atoms. The van der Waals surface area contributed by atoms with Crippen molar-refractivity contribution >= 4 is 29.6 Å². The minimum atomic E-state index is -0.903. The highest BCUT2D eigenvalue weighted by Gasteiger charge is 2.24. The molecule has 0 aliphatic rings. The maximum Gasteiger partial charge on any atom is 0.374 e. The molecule has 0 atom stereocenters. The van der Waals surface area contributed by atoms with Gasteiger partial charge in [0.15, 0.2) is 0 Å². The van der Waals surface area contributed by atoms with Gasteiger partial charge in [-0.25, -0.2) is 19.2 Å². The summed E-state index contributed by atoms with van der Waals surface area (Å²) in [6.07, 6.45) is 0. The highest BCUT2D eigenvalue weighted by atomic mass is 16.6. The van der Waals surface area contributed by atoms with Gasteiger partial charge in [-0.05, 0) is 60.7 Å². The SMILES string of the molecule is O=C(OCc1ccc(C(=O)OCc2cccc(COC(=O)c3ccc(COC(=O)c4ccccc4)o3)c2[N+](=O)[O-])o1)c1ccccc1. The molecule has 0 radical (unpaired) electrons. The number of furan rings is 2. The molecule has 5 rings (SSSR count). The molecule has 238 valence electrons. The van der Waals surface area contributed by atoms with Gasteiger partial charge in [-0.15, -0.1) is 0 Å². The standard InChI is InChI=1S/C34H25NO12/c36-31(22-8-3-1-4-9-22)44-20-26-14-16-28(46-26)33(38)42-18-24-12-7-13-25(30(24)35(40)41)19-43-34(39)29-17-15-27(47-29)21-45-32(37)23-10-5-2-6-11-23/h1-17H,18-21H2. The number of hydrogen-bond donors (Lipinski definition) is 0. The number of nitro groups is 1. The van der Waals surface area contributed by atoms with Gasteiger partial charge in [0.25, 0.3) is 5.69 Å². The first-order valence-electron chi connectivity index (χ1n) is 14.0. The Hall–Kier alpha value is -6.50. The van der Waals surface area contributed by atoms with Gasteiger partial charge in [-0.2, -0.15) is 0 Å². The monoisotopic (exact) mass is 639 g/mol. The summed E-state index contributed by atoms with van der Waals surface area (Å²) in [7, 11) is 0. The van der Waals surface area contributed by atoms with Gasteiger partial charge in [-0.3, -0.25) is 10.1 Å². The van der Waals surface area contributed by atoms with E-state index in [4.69, 9.17) is 27.8 Å². The number of carbonyl (C=O) groups excluding carboxylic acids is 4. The van der Waals surface area contributed by atoms with Crippen LogP contribution in [0.2, 0.25) is 0 Å². The number of benzene rings is 3. The fourth-order valence-electron chi connectivity index (χ4n) is 4.26. The van der Waals surface area contributed by atoms with Crippen molar-refractivity contribution in [3.05, 3.63) is 159 Å². The van der Waals surface area contributed by atoms with Gasteiger partial charge in [0, 0.05) is 0 Å². The lowest BCUT2D eigenvalue weighted by molar-refractivity contribution is -0.386. The molecule has 47 heavy (non-hydrogen) atoms. The molecular weight excluding hydrogens is 614 g/mol. The van der Waals surface area contributed by atoms with Crippen LogP contribution in [-0.4, -0.2) is 28.8 Å². The summed E-state index contributed by atoms with van der Waals surface area (Å²) < 4.78 is 31.6. The van der Waals surface area contributed by atoms with Crippen LogP contribution in [0, 0.1) is 10.1 Å². The predicted molar refractivity (Wildman–Crippen MR) is 160 cm³/mol. The third-order valence-electron chi connectivity index (χ3n) is 6.54. The predicted octanol–water partition coefficient (Wildman–Crippen LogP) is 6.21. The number of hydrogen-bond acceptors (Lipinski definition) is 12. The van der Waals surface area contributed by atoms with Gasteiger partial charge in [-0.1, -0.05) is 42.5 Å². The number of carbonyl (C=O) groups is 4. The average Bonchev–Trinajstić information content (AvgIpc) is 3.78. The Morgan fingerprint density at radius 2 is 0.915 bits per heavy atom. The van der Waals surface area contributed by atoms with Crippen molar-refractivity contribution in [1.29, 1.82) is 0 Å². The Labute approximate surface area is 266 Å². The maximum atomic E-state index is 12.6. The molecule has 0 amide bonds. The molecule has 0 saturated heterocycles. The highest BCUT2D eigenvalue weighted by Crippen LogP contribution is 2.26. The first-order valence-corrected chi connectivity index (χ1v) is 14.0. The van der Waals surface area contributed by atoms with Crippen LogP contribution in [0.4, 0.5) is 5.69 Å². The van der Waals surface area contributed by atoms with Gasteiger partial charge in [0.2, 0.25) is 11.5 Å². The molecule has 13 heteroatoms. The van der Waals surface area contributed by atoms with E-state index in [9.17, 15) is 29.3 Å². The molecule has 0 fully saturated rings. The molecule has 5 aromatic rings. The number of para-hydroxylation sites is 1. The number of ether oxygens (including phenoxy) is 4. The third-order valence-corrected chi connectivity index (χ3v) is 6.54. The molecule has 3 aromatic carbocycles. The van der Waals surface area contributed by atoms with Crippen molar-refractivity contribution in [2.24, 2.45) is 0 Å². The van der Waals surface area contributed by atoms with E-state index in [2.05, 4.69) is 0 Å². The number of rotatable bonds is 13. The number of nitro benzene ring substituents is 1. The molecule has 0 saturated carbocycles. The third kappa shape index (κ3) is 8.36. The lowest BCUT2D eigenvalue weighted by atomic mass is 10.1. The van der Waals surface area contributed by atoms with E-state index in [0.29, 0.717) is 11.1 Å². The molecule has 0 bridgehead atoms. The van der Waals surface area contributed by atoms with E-state index in [1.807, 2.05) is 0 Å². The molecular formula is C34H25NO12. The van der Waals surface area contributed by atoms with Crippen molar-refractivity contribution in [3.63, 3.8) is 0 Å². The lowest BCUT2D eigenvalue weighted by Crippen LogP contribution is -2.09. The molecule has 0 unspecified atom stereocenters. The van der Waals surface area contributed by atoms with Crippen LogP contribution in [0.3, 0.4) is 0 Å². The van der Waals surface area contributed by atoms with Crippen molar-refractivity contribution < 1.29 is 51.9 Å². The fourth-order valence-corrected chi connectivity index (χ4v) is 4.26. The van der Waals surface area contributed by atoms with Crippen LogP contribution in [0.15, 0.2) is 112 Å². The van der Waals surface area contributed by atoms with E-state index in [1.165, 1.54) is 42.5 Å². The molecule has 0 aliphatic carbocycles. The Kier molecular flexibility index (Phi) is 10.2. The van der Waals surface area contributed by atoms with Crippen LogP contribution in [0.1, 0.15) is 64.5 Å². The quantitative estimate of drug-likeness (QED) is 0.0617. The molecule has 2 heterocycles. The van der Waals surface area contributed by atoms with E-state index >= 15 is 0 Å². The van der Waals surface area contributed by atoms with Crippen LogP contribution in [-0.2, 0) is 45.4 Å². The van der Waals surface area contributed by atoms with Crippen molar-refractivity contribution in [2.45, 2.75) is 26.4 Å². The van der Waals surface area contributed by atoms with E-state index in [1.54, 1.807) is 60.7 Å². The molecule has 0 aliphatic heterocycles. The topological polar surface area (TPSA) is 175 Å². The summed E-state index contributed by atoms with van der Waals surface area (Å²) >= 11 is 0. The maximum absolute atomic E-state index is 12.6. The minimum Gasteiger partial charge on any atom is -0.455 e. The van der Waals surface area contributed by atoms with E-state index in [0.717, 1.165) is 0 Å². The van der Waals surface area contributed by atoms with Gasteiger partial charge < -0.3 is 27.8 Å². The van der Waals surface area contributed by atoms with Crippen LogP contribution >= 0.6 is 0 Å². The first kappa shape index (κ1) is 31.9. The zero-order chi connectivity index (χ0) is 33.2. The molecule has 0 N–H and O–H groups in total. The summed E-state index contributed by atoms with van der Waals surface area (Å²) in [6, 6.07) is 26.4. The van der Waals surface area contributed by atoms with Crippen LogP contribution < -0.4 is 0 Å². The summed E-state index contributed by atoms with van der Waals surface area (Å²) in [5.74, 6) is -2.97. The lowest BCUT2D eigenvalue weighted by Gasteiger charge is -2.09.